The number of carbonyl (C=O) groups is 1. The van der Waals surface area contributed by atoms with Gasteiger partial charge in [0, 0.05) is 23.7 Å². The number of likely N-dealkylation sites (tertiary alicyclic amines) is 1. The van der Waals surface area contributed by atoms with Crippen LogP contribution in [-0.2, 0) is 6.54 Å². The molecular weight excluding hydrogens is 298 g/mol. The lowest BCUT2D eigenvalue weighted by atomic mass is 10.1. The zero-order valence-corrected chi connectivity index (χ0v) is 13.6. The predicted molar refractivity (Wildman–Crippen MR) is 84.7 cm³/mol. The Bertz CT molecular complexity index is 658. The maximum absolute atomic E-state index is 12.0. The lowest BCUT2D eigenvalue weighted by Gasteiger charge is -2.21. The van der Waals surface area contributed by atoms with E-state index in [-0.39, 0.29) is 5.91 Å². The van der Waals surface area contributed by atoms with Crippen molar-refractivity contribution >= 4 is 17.2 Å². The van der Waals surface area contributed by atoms with Gasteiger partial charge in [0.05, 0.1) is 17.2 Å². The molecule has 0 unspecified atom stereocenters. The van der Waals surface area contributed by atoms with Gasteiger partial charge in [-0.1, -0.05) is 0 Å². The normalized spacial score (nSPS) is 18.5. The van der Waals surface area contributed by atoms with E-state index in [0.717, 1.165) is 30.0 Å². The first-order valence-electron chi connectivity index (χ1n) is 7.34. The Balaban J connectivity index is 1.77. The van der Waals surface area contributed by atoms with Crippen LogP contribution in [-0.4, -0.2) is 39.4 Å². The minimum Gasteiger partial charge on any atom is -0.346 e. The van der Waals surface area contributed by atoms with E-state index in [1.807, 2.05) is 13.1 Å². The van der Waals surface area contributed by atoms with Gasteiger partial charge in [-0.25, -0.2) is 15.0 Å². The summed E-state index contributed by atoms with van der Waals surface area (Å²) in [6.45, 7) is 3.41. The van der Waals surface area contributed by atoms with Gasteiger partial charge in [-0.15, -0.1) is 11.3 Å². The number of nitrogens with zero attached hydrogens (tertiary/aromatic N) is 4. The summed E-state index contributed by atoms with van der Waals surface area (Å²) in [5, 5.41) is 4.65. The summed E-state index contributed by atoms with van der Waals surface area (Å²) in [7, 11) is 2.12. The minimum absolute atomic E-state index is 0.160. The molecule has 0 spiro atoms. The fraction of sp³-hybridized carbons (Fsp3) is 0.467. The Morgan fingerprint density at radius 1 is 1.50 bits per heavy atom. The van der Waals surface area contributed by atoms with Crippen LogP contribution in [0.15, 0.2) is 17.1 Å². The maximum Gasteiger partial charge on any atom is 0.271 e. The fourth-order valence-electron chi connectivity index (χ4n) is 2.78. The van der Waals surface area contributed by atoms with E-state index in [9.17, 15) is 4.79 Å². The summed E-state index contributed by atoms with van der Waals surface area (Å²) in [6.07, 6.45) is 4.10. The number of hydrogen-bond donors (Lipinski definition) is 1. The van der Waals surface area contributed by atoms with Crippen LogP contribution in [0.25, 0.3) is 0 Å². The van der Waals surface area contributed by atoms with Crippen LogP contribution in [0.2, 0.25) is 0 Å². The number of aromatic nitrogens is 3. The zero-order chi connectivity index (χ0) is 15.5. The molecule has 7 heteroatoms. The Kier molecular flexibility index (Phi) is 4.44. The molecule has 0 saturated carbocycles. The molecule has 1 aliphatic heterocycles. The molecule has 116 valence electrons. The van der Waals surface area contributed by atoms with Gasteiger partial charge in [-0.05, 0) is 33.4 Å². The Labute approximate surface area is 133 Å². The van der Waals surface area contributed by atoms with Crippen LogP contribution >= 0.6 is 11.3 Å². The molecule has 0 bridgehead atoms. The number of thiazole rings is 1. The average molecular weight is 317 g/mol. The highest BCUT2D eigenvalue weighted by Crippen LogP contribution is 2.30. The van der Waals surface area contributed by atoms with E-state index >= 15 is 0 Å². The number of hydrogen-bond acceptors (Lipinski definition) is 6. The van der Waals surface area contributed by atoms with Crippen molar-refractivity contribution in [3.63, 3.8) is 0 Å². The van der Waals surface area contributed by atoms with Gasteiger partial charge in [-0.2, -0.15) is 0 Å². The first-order chi connectivity index (χ1) is 10.6. The molecule has 0 radical (unpaired) electrons. The van der Waals surface area contributed by atoms with E-state index in [2.05, 4.69) is 32.2 Å². The molecule has 1 saturated heterocycles. The molecule has 6 nitrogen and oxygen atoms in total. The second-order valence-corrected chi connectivity index (χ2v) is 6.24. The van der Waals surface area contributed by atoms with Gasteiger partial charge >= 0.3 is 0 Å². The highest BCUT2D eigenvalue weighted by molar-refractivity contribution is 7.07. The SMILES string of the molecule is Cc1ncc(CNC(=O)c2cscn2)c([C@H]2CCCN2C)n1. The van der Waals surface area contributed by atoms with Crippen molar-refractivity contribution in [2.24, 2.45) is 0 Å². The second-order valence-electron chi connectivity index (χ2n) is 5.52. The lowest BCUT2D eigenvalue weighted by molar-refractivity contribution is 0.0946. The molecule has 0 aromatic carbocycles. The molecule has 0 aliphatic carbocycles. The van der Waals surface area contributed by atoms with E-state index < -0.39 is 0 Å². The Morgan fingerprint density at radius 3 is 3.05 bits per heavy atom. The number of carbonyl (C=O) groups excluding carboxylic acids is 1. The van der Waals surface area contributed by atoms with Crippen LogP contribution in [0, 0.1) is 6.92 Å². The molecule has 22 heavy (non-hydrogen) atoms. The molecule has 2 aromatic heterocycles. The molecule has 1 N–H and O–H groups in total. The highest BCUT2D eigenvalue weighted by atomic mass is 32.1. The number of amides is 1. The lowest BCUT2D eigenvalue weighted by Crippen LogP contribution is -2.26. The Morgan fingerprint density at radius 2 is 2.36 bits per heavy atom. The van der Waals surface area contributed by atoms with Crippen molar-refractivity contribution in [2.75, 3.05) is 13.6 Å². The summed E-state index contributed by atoms with van der Waals surface area (Å²) in [4.78, 5) is 27.3. The number of aryl methyl sites for hydroxylation is 1. The second kappa shape index (κ2) is 6.50. The average Bonchev–Trinajstić information content (AvgIpc) is 3.17. The smallest absolute Gasteiger partial charge is 0.271 e. The number of nitrogens with one attached hydrogen (secondary N) is 1. The topological polar surface area (TPSA) is 71.0 Å². The molecule has 1 amide bonds. The van der Waals surface area contributed by atoms with Gasteiger partial charge in [0.1, 0.15) is 11.5 Å². The van der Waals surface area contributed by atoms with Crippen LogP contribution < -0.4 is 5.32 Å². The quantitative estimate of drug-likeness (QED) is 0.933. The fourth-order valence-corrected chi connectivity index (χ4v) is 3.32. The molecule has 1 fully saturated rings. The molecule has 3 heterocycles. The third-order valence-electron chi connectivity index (χ3n) is 3.96. The first-order valence-corrected chi connectivity index (χ1v) is 8.28. The van der Waals surface area contributed by atoms with Gasteiger partial charge in [-0.3, -0.25) is 9.69 Å². The van der Waals surface area contributed by atoms with E-state index in [1.165, 1.54) is 17.8 Å². The summed E-state index contributed by atoms with van der Waals surface area (Å²) in [5.41, 5.74) is 4.12. The summed E-state index contributed by atoms with van der Waals surface area (Å²) in [6, 6.07) is 0.313. The van der Waals surface area contributed by atoms with Crippen LogP contribution in [0.3, 0.4) is 0 Å². The van der Waals surface area contributed by atoms with Gasteiger partial charge in [0.2, 0.25) is 0 Å². The van der Waals surface area contributed by atoms with Crippen molar-refractivity contribution in [2.45, 2.75) is 32.4 Å². The van der Waals surface area contributed by atoms with Gasteiger partial charge in [0.25, 0.3) is 5.91 Å². The Hall–Kier alpha value is -1.86. The zero-order valence-electron chi connectivity index (χ0n) is 12.7. The summed E-state index contributed by atoms with van der Waals surface area (Å²) < 4.78 is 0. The van der Waals surface area contributed by atoms with E-state index in [1.54, 1.807) is 10.9 Å². The van der Waals surface area contributed by atoms with Crippen molar-refractivity contribution < 1.29 is 4.79 Å². The van der Waals surface area contributed by atoms with E-state index in [4.69, 9.17) is 0 Å². The molecule has 3 rings (SSSR count). The molecular formula is C15H19N5OS. The summed E-state index contributed by atoms with van der Waals surface area (Å²) in [5.74, 6) is 0.609. The maximum atomic E-state index is 12.0. The monoisotopic (exact) mass is 317 g/mol. The van der Waals surface area contributed by atoms with Crippen LogP contribution in [0.5, 0.6) is 0 Å². The summed E-state index contributed by atoms with van der Waals surface area (Å²) >= 11 is 1.41. The molecule has 1 aliphatic rings. The largest absolute Gasteiger partial charge is 0.346 e. The van der Waals surface area contributed by atoms with Crippen LogP contribution in [0.4, 0.5) is 0 Å². The number of rotatable bonds is 4. The van der Waals surface area contributed by atoms with Crippen LogP contribution in [0.1, 0.15) is 46.5 Å². The molecule has 2 aromatic rings. The third-order valence-corrected chi connectivity index (χ3v) is 4.55. The third kappa shape index (κ3) is 3.15. The molecule has 1 atom stereocenters. The first kappa shape index (κ1) is 15.1. The van der Waals surface area contributed by atoms with Crippen molar-refractivity contribution in [3.8, 4) is 0 Å². The highest BCUT2D eigenvalue weighted by Gasteiger charge is 2.26. The minimum atomic E-state index is -0.160. The standard InChI is InChI=1S/C15H19N5OS/c1-10-16-6-11(7-17-15(21)12-8-22-9-18-12)14(19-10)13-4-3-5-20(13)2/h6,8-9,13H,3-5,7H2,1-2H3,(H,17,21)/t13-/m1/s1. The van der Waals surface area contributed by atoms with Crippen molar-refractivity contribution in [3.05, 3.63) is 39.9 Å². The van der Waals surface area contributed by atoms with Gasteiger partial charge < -0.3 is 5.32 Å². The van der Waals surface area contributed by atoms with Gasteiger partial charge in [0.15, 0.2) is 0 Å². The van der Waals surface area contributed by atoms with E-state index in [0.29, 0.717) is 18.3 Å². The van der Waals surface area contributed by atoms with Crippen molar-refractivity contribution in [1.29, 1.82) is 0 Å². The van der Waals surface area contributed by atoms with Crippen molar-refractivity contribution in [1.82, 2.24) is 25.2 Å². The predicted octanol–water partition coefficient (Wildman–Crippen LogP) is 1.94.